The van der Waals surface area contributed by atoms with Crippen molar-refractivity contribution in [1.82, 2.24) is 9.62 Å². The number of methoxy groups -OCH3 is 1. The zero-order valence-corrected chi connectivity index (χ0v) is 19.9. The van der Waals surface area contributed by atoms with Crippen molar-refractivity contribution in [3.05, 3.63) is 58.7 Å². The summed E-state index contributed by atoms with van der Waals surface area (Å²) in [5.74, 6) is 0.536. The van der Waals surface area contributed by atoms with Crippen LogP contribution in [-0.4, -0.2) is 38.8 Å². The van der Waals surface area contributed by atoms with Crippen LogP contribution in [0.1, 0.15) is 66.2 Å². The zero-order valence-electron chi connectivity index (χ0n) is 19.1. The highest BCUT2D eigenvalue weighted by atomic mass is 32.2. The Bertz CT molecular complexity index is 1100. The molecular weight excluding hydrogens is 424 g/mol. The molecule has 0 radical (unpaired) electrons. The molecule has 2 aromatic carbocycles. The van der Waals surface area contributed by atoms with E-state index in [1.807, 2.05) is 6.92 Å². The molecular formula is C25H32N2O4S. The van der Waals surface area contributed by atoms with Crippen molar-refractivity contribution in [2.24, 2.45) is 5.92 Å². The van der Waals surface area contributed by atoms with Gasteiger partial charge in [0.05, 0.1) is 23.6 Å². The fraction of sp³-hybridized carbons (Fsp3) is 0.480. The Balaban J connectivity index is 1.56. The number of rotatable bonds is 6. The van der Waals surface area contributed by atoms with Gasteiger partial charge in [-0.1, -0.05) is 25.1 Å². The smallest absolute Gasteiger partial charge is 0.255 e. The molecule has 2 aromatic rings. The van der Waals surface area contributed by atoms with Crippen LogP contribution < -0.4 is 10.1 Å². The number of sulfonamides is 1. The highest BCUT2D eigenvalue weighted by Gasteiger charge is 2.29. The normalized spacial score (nSPS) is 18.2. The van der Waals surface area contributed by atoms with Gasteiger partial charge in [-0.2, -0.15) is 4.31 Å². The van der Waals surface area contributed by atoms with Gasteiger partial charge in [-0.25, -0.2) is 8.42 Å². The lowest BCUT2D eigenvalue weighted by Crippen LogP contribution is -2.38. The molecule has 1 fully saturated rings. The van der Waals surface area contributed by atoms with Gasteiger partial charge in [0, 0.05) is 13.1 Å². The van der Waals surface area contributed by atoms with Crippen molar-refractivity contribution < 1.29 is 17.9 Å². The summed E-state index contributed by atoms with van der Waals surface area (Å²) in [4.78, 5) is 13.3. The van der Waals surface area contributed by atoms with Gasteiger partial charge in [0.25, 0.3) is 5.91 Å². The molecule has 1 amide bonds. The van der Waals surface area contributed by atoms with E-state index in [-0.39, 0.29) is 22.4 Å². The molecule has 1 N–H and O–H groups in total. The van der Waals surface area contributed by atoms with Crippen LogP contribution in [-0.2, 0) is 22.9 Å². The van der Waals surface area contributed by atoms with Gasteiger partial charge in [0.15, 0.2) is 0 Å². The minimum atomic E-state index is -3.66. The monoisotopic (exact) mass is 456 g/mol. The molecule has 1 aliphatic carbocycles. The predicted octanol–water partition coefficient (Wildman–Crippen LogP) is 4.10. The molecule has 1 heterocycles. The van der Waals surface area contributed by atoms with Crippen molar-refractivity contribution in [1.29, 1.82) is 0 Å². The number of amides is 1. The maximum atomic E-state index is 13.2. The quantitative estimate of drug-likeness (QED) is 0.710. The van der Waals surface area contributed by atoms with E-state index < -0.39 is 10.0 Å². The van der Waals surface area contributed by atoms with Gasteiger partial charge in [-0.05, 0) is 79.8 Å². The molecule has 1 saturated heterocycles. The molecule has 1 aliphatic heterocycles. The summed E-state index contributed by atoms with van der Waals surface area (Å²) in [5, 5.41) is 3.02. The first kappa shape index (κ1) is 22.8. The number of aryl methyl sites for hydroxylation is 2. The van der Waals surface area contributed by atoms with Gasteiger partial charge >= 0.3 is 0 Å². The van der Waals surface area contributed by atoms with Gasteiger partial charge in [0.1, 0.15) is 5.75 Å². The molecule has 172 valence electrons. The Morgan fingerprint density at radius 3 is 2.53 bits per heavy atom. The van der Waals surface area contributed by atoms with E-state index in [2.05, 4.69) is 30.4 Å². The van der Waals surface area contributed by atoms with E-state index in [1.54, 1.807) is 6.07 Å². The van der Waals surface area contributed by atoms with E-state index >= 15 is 0 Å². The number of piperidine rings is 1. The topological polar surface area (TPSA) is 75.7 Å². The van der Waals surface area contributed by atoms with Crippen LogP contribution in [0, 0.1) is 5.92 Å². The molecule has 0 aromatic heterocycles. The lowest BCUT2D eigenvalue weighted by Gasteiger charge is -2.29. The number of nitrogens with zero attached hydrogens (tertiary/aromatic N) is 1. The van der Waals surface area contributed by atoms with Crippen molar-refractivity contribution >= 4 is 15.9 Å². The first-order chi connectivity index (χ1) is 15.3. The van der Waals surface area contributed by atoms with Crippen LogP contribution in [0.5, 0.6) is 5.75 Å². The molecule has 6 nitrogen and oxygen atoms in total. The maximum Gasteiger partial charge on any atom is 0.255 e. The first-order valence-corrected chi connectivity index (χ1v) is 12.8. The number of fused-ring (bicyclic) bond motifs is 1. The predicted molar refractivity (Wildman–Crippen MR) is 124 cm³/mol. The fourth-order valence-corrected chi connectivity index (χ4v) is 6.11. The van der Waals surface area contributed by atoms with Crippen LogP contribution in [0.4, 0.5) is 0 Å². The molecule has 0 spiro atoms. The summed E-state index contributed by atoms with van der Waals surface area (Å²) in [6.07, 6.45) is 5.06. The van der Waals surface area contributed by atoms with E-state index in [9.17, 15) is 13.2 Å². The van der Waals surface area contributed by atoms with Crippen molar-refractivity contribution in [3.8, 4) is 5.75 Å². The average molecular weight is 457 g/mol. The molecule has 2 aliphatic rings. The fourth-order valence-electron chi connectivity index (χ4n) is 4.62. The van der Waals surface area contributed by atoms with Crippen molar-refractivity contribution in [2.45, 2.75) is 56.9 Å². The summed E-state index contributed by atoms with van der Waals surface area (Å²) >= 11 is 0. The third-order valence-corrected chi connectivity index (χ3v) is 8.66. The average Bonchev–Trinajstić information content (AvgIpc) is 3.26. The van der Waals surface area contributed by atoms with Crippen LogP contribution in [0.2, 0.25) is 0 Å². The number of nitrogens with one attached hydrogen (secondary N) is 1. The molecule has 4 rings (SSSR count). The minimum absolute atomic E-state index is 0.128. The molecule has 1 unspecified atom stereocenters. The number of carbonyl (C=O) groups is 1. The Morgan fingerprint density at radius 2 is 1.81 bits per heavy atom. The van der Waals surface area contributed by atoms with E-state index in [1.165, 1.54) is 41.1 Å². The summed E-state index contributed by atoms with van der Waals surface area (Å²) in [7, 11) is -2.17. The second-order valence-corrected chi connectivity index (χ2v) is 11.0. The van der Waals surface area contributed by atoms with Crippen LogP contribution >= 0.6 is 0 Å². The minimum Gasteiger partial charge on any atom is -0.496 e. The van der Waals surface area contributed by atoms with Crippen molar-refractivity contribution in [3.63, 3.8) is 0 Å². The number of benzene rings is 2. The standard InChI is InChI=1S/C25H32N2O4S/c1-17-11-13-27(14-12-17)32(29,30)22-9-10-24(31-3)23(16-22)25(28)26-18(2)20-8-7-19-5-4-6-21(19)15-20/h7-10,15-18H,4-6,11-14H2,1-3H3,(H,26,28). The second kappa shape index (κ2) is 9.24. The van der Waals surface area contributed by atoms with E-state index in [0.29, 0.717) is 24.8 Å². The summed E-state index contributed by atoms with van der Waals surface area (Å²) in [6.45, 7) is 5.09. The van der Waals surface area contributed by atoms with Gasteiger partial charge in [-0.15, -0.1) is 0 Å². The Hall–Kier alpha value is -2.38. The second-order valence-electron chi connectivity index (χ2n) is 9.03. The van der Waals surface area contributed by atoms with Gasteiger partial charge in [-0.3, -0.25) is 4.79 Å². The number of ether oxygens (including phenoxy) is 1. The molecule has 1 atom stereocenters. The molecule has 0 bridgehead atoms. The van der Waals surface area contributed by atoms with Crippen LogP contribution in [0.15, 0.2) is 41.3 Å². The lowest BCUT2D eigenvalue weighted by atomic mass is 10.0. The molecule has 0 saturated carbocycles. The molecule has 32 heavy (non-hydrogen) atoms. The zero-order chi connectivity index (χ0) is 22.9. The first-order valence-electron chi connectivity index (χ1n) is 11.4. The van der Waals surface area contributed by atoms with Crippen LogP contribution in [0.25, 0.3) is 0 Å². The van der Waals surface area contributed by atoms with Crippen molar-refractivity contribution in [2.75, 3.05) is 20.2 Å². The highest BCUT2D eigenvalue weighted by molar-refractivity contribution is 7.89. The Kier molecular flexibility index (Phi) is 6.58. The largest absolute Gasteiger partial charge is 0.496 e. The SMILES string of the molecule is COc1ccc(S(=O)(=O)N2CCC(C)CC2)cc1C(=O)NC(C)c1ccc2c(c1)CCC2. The van der Waals surface area contributed by atoms with E-state index in [0.717, 1.165) is 31.2 Å². The lowest BCUT2D eigenvalue weighted by molar-refractivity contribution is 0.0936. The number of carbonyl (C=O) groups excluding carboxylic acids is 1. The summed E-state index contributed by atoms with van der Waals surface area (Å²) in [6, 6.07) is 10.7. The number of hydrogen-bond donors (Lipinski definition) is 1. The Morgan fingerprint density at radius 1 is 1.09 bits per heavy atom. The maximum absolute atomic E-state index is 13.2. The summed E-state index contributed by atoms with van der Waals surface area (Å²) in [5.41, 5.74) is 4.01. The van der Waals surface area contributed by atoms with Crippen LogP contribution in [0.3, 0.4) is 0 Å². The third-order valence-electron chi connectivity index (χ3n) is 6.77. The summed E-state index contributed by atoms with van der Waals surface area (Å²) < 4.78 is 33.2. The molecule has 7 heteroatoms. The van der Waals surface area contributed by atoms with E-state index in [4.69, 9.17) is 4.74 Å². The van der Waals surface area contributed by atoms with Gasteiger partial charge in [0.2, 0.25) is 10.0 Å². The Labute approximate surface area is 191 Å². The van der Waals surface area contributed by atoms with Gasteiger partial charge < -0.3 is 10.1 Å². The third kappa shape index (κ3) is 4.55. The number of hydrogen-bond acceptors (Lipinski definition) is 4. The highest BCUT2D eigenvalue weighted by Crippen LogP contribution is 2.29.